The molecule has 0 unspecified atom stereocenters. The predicted molar refractivity (Wildman–Crippen MR) is 109 cm³/mol. The number of fused-ring (bicyclic) bond motifs is 1. The maximum absolute atomic E-state index is 13.0. The van der Waals surface area contributed by atoms with Gasteiger partial charge >= 0.3 is 0 Å². The van der Waals surface area contributed by atoms with Crippen LogP contribution in [0.2, 0.25) is 5.02 Å². The number of nitrogens with zero attached hydrogens (tertiary/aromatic N) is 1. The number of rotatable bonds is 4. The molecule has 0 saturated carbocycles. The maximum Gasteiger partial charge on any atom is 0.252 e. The summed E-state index contributed by atoms with van der Waals surface area (Å²) in [7, 11) is 0. The Balaban J connectivity index is 2.17. The molecule has 134 valence electrons. The van der Waals surface area contributed by atoms with Crippen LogP contribution in [0.4, 0.5) is 0 Å². The lowest BCUT2D eigenvalue weighted by Crippen LogP contribution is -2.36. The predicted octanol–water partition coefficient (Wildman–Crippen LogP) is 5.64. The van der Waals surface area contributed by atoms with Crippen molar-refractivity contribution in [1.82, 2.24) is 10.3 Å². The summed E-state index contributed by atoms with van der Waals surface area (Å²) in [6.07, 6.45) is 0. The Morgan fingerprint density at radius 3 is 2.50 bits per heavy atom. The van der Waals surface area contributed by atoms with Crippen LogP contribution in [-0.2, 0) is 0 Å². The minimum Gasteiger partial charge on any atom is -0.349 e. The van der Waals surface area contributed by atoms with E-state index in [-0.39, 0.29) is 11.9 Å². The molecule has 3 aromatic rings. The monoisotopic (exact) mass is 366 g/mol. The summed E-state index contributed by atoms with van der Waals surface area (Å²) in [6, 6.07) is 15.4. The molecule has 0 aliphatic heterocycles. The van der Waals surface area contributed by atoms with E-state index in [4.69, 9.17) is 16.6 Å². The lowest BCUT2D eigenvalue weighted by Gasteiger charge is -2.18. The van der Waals surface area contributed by atoms with Gasteiger partial charge in [-0.3, -0.25) is 4.79 Å². The third-order valence-electron chi connectivity index (χ3n) is 4.72. The summed E-state index contributed by atoms with van der Waals surface area (Å²) in [5.74, 6) is 0.273. The second kappa shape index (κ2) is 7.46. The molecule has 3 nitrogen and oxygen atoms in total. The summed E-state index contributed by atoms with van der Waals surface area (Å²) in [5.41, 5.74) is 4.03. The number of hydrogen-bond donors (Lipinski definition) is 1. The molecule has 0 spiro atoms. The first-order valence-corrected chi connectivity index (χ1v) is 9.22. The summed E-state index contributed by atoms with van der Waals surface area (Å²) in [5, 5.41) is 4.58. The number of nitrogens with one attached hydrogen (secondary N) is 1. The molecule has 1 heterocycles. The van der Waals surface area contributed by atoms with Gasteiger partial charge in [-0.25, -0.2) is 4.98 Å². The van der Waals surface area contributed by atoms with Crippen LogP contribution in [-0.4, -0.2) is 16.9 Å². The number of halogens is 1. The van der Waals surface area contributed by atoms with Crippen LogP contribution in [0, 0.1) is 12.8 Å². The molecular weight excluding hydrogens is 344 g/mol. The van der Waals surface area contributed by atoms with Gasteiger partial charge in [-0.2, -0.15) is 0 Å². The highest BCUT2D eigenvalue weighted by molar-refractivity contribution is 6.33. The van der Waals surface area contributed by atoms with Crippen molar-refractivity contribution in [3.8, 4) is 11.3 Å². The van der Waals surface area contributed by atoms with Crippen molar-refractivity contribution in [3.05, 3.63) is 64.7 Å². The molecule has 0 fully saturated rings. The number of amides is 1. The minimum atomic E-state index is -0.0856. The number of aryl methyl sites for hydroxylation is 1. The maximum atomic E-state index is 13.0. The molecule has 1 N–H and O–H groups in total. The Hall–Kier alpha value is -2.39. The summed E-state index contributed by atoms with van der Waals surface area (Å²) < 4.78 is 0. The molecule has 0 aliphatic carbocycles. The molecule has 0 aliphatic rings. The highest BCUT2D eigenvalue weighted by Crippen LogP contribution is 2.30. The lowest BCUT2D eigenvalue weighted by atomic mass is 10.0. The van der Waals surface area contributed by atoms with Crippen LogP contribution in [0.25, 0.3) is 22.2 Å². The highest BCUT2D eigenvalue weighted by atomic mass is 35.5. The average molecular weight is 367 g/mol. The number of hydrogen-bond acceptors (Lipinski definition) is 2. The molecule has 1 atom stereocenters. The molecule has 3 rings (SSSR count). The van der Waals surface area contributed by atoms with E-state index in [2.05, 4.69) is 19.2 Å². The van der Waals surface area contributed by atoms with Crippen LogP contribution in [0.3, 0.4) is 0 Å². The number of carbonyl (C=O) groups excluding carboxylic acids is 1. The summed E-state index contributed by atoms with van der Waals surface area (Å²) >= 11 is 6.35. The van der Waals surface area contributed by atoms with Gasteiger partial charge in [0.2, 0.25) is 0 Å². The van der Waals surface area contributed by atoms with Crippen molar-refractivity contribution in [1.29, 1.82) is 0 Å². The number of pyridine rings is 1. The van der Waals surface area contributed by atoms with Gasteiger partial charge in [0.15, 0.2) is 0 Å². The van der Waals surface area contributed by atoms with Gasteiger partial charge in [-0.05, 0) is 44.0 Å². The van der Waals surface area contributed by atoms with E-state index in [1.54, 1.807) is 0 Å². The van der Waals surface area contributed by atoms with Gasteiger partial charge in [0.05, 0.1) is 16.8 Å². The van der Waals surface area contributed by atoms with E-state index in [1.165, 1.54) is 0 Å². The fourth-order valence-corrected chi connectivity index (χ4v) is 3.02. The standard InChI is InChI=1S/C22H23ClN2O/c1-13(2)15(4)24-22(26)18-12-21(16-7-5-6-8-19(16)23)25-20-10-9-14(3)11-17(18)20/h5-13,15H,1-4H3,(H,24,26)/t15-/m0/s1. The Labute approximate surface area is 159 Å². The van der Waals surface area contributed by atoms with E-state index < -0.39 is 0 Å². The van der Waals surface area contributed by atoms with Crippen LogP contribution in [0.1, 0.15) is 36.7 Å². The number of carbonyl (C=O) groups is 1. The number of aromatic nitrogens is 1. The normalized spacial score (nSPS) is 12.4. The zero-order chi connectivity index (χ0) is 18.8. The van der Waals surface area contributed by atoms with Crippen molar-refractivity contribution in [2.24, 2.45) is 5.92 Å². The third kappa shape index (κ3) is 3.73. The van der Waals surface area contributed by atoms with Gasteiger partial charge in [0, 0.05) is 22.0 Å². The SMILES string of the molecule is Cc1ccc2nc(-c3ccccc3Cl)cc(C(=O)N[C@@H](C)C(C)C)c2c1. The van der Waals surface area contributed by atoms with E-state index in [9.17, 15) is 4.79 Å². The topological polar surface area (TPSA) is 42.0 Å². The van der Waals surface area contributed by atoms with E-state index in [0.717, 1.165) is 22.0 Å². The average Bonchev–Trinajstić information content (AvgIpc) is 2.61. The smallest absolute Gasteiger partial charge is 0.252 e. The first kappa shape index (κ1) is 18.4. The molecule has 26 heavy (non-hydrogen) atoms. The highest BCUT2D eigenvalue weighted by Gasteiger charge is 2.18. The minimum absolute atomic E-state index is 0.0827. The van der Waals surface area contributed by atoms with E-state index >= 15 is 0 Å². The first-order chi connectivity index (χ1) is 12.4. The Morgan fingerprint density at radius 1 is 1.08 bits per heavy atom. The summed E-state index contributed by atoms with van der Waals surface area (Å²) in [6.45, 7) is 8.22. The lowest BCUT2D eigenvalue weighted by molar-refractivity contribution is 0.0932. The molecular formula is C22H23ClN2O. The van der Waals surface area contributed by atoms with Crippen molar-refractivity contribution in [3.63, 3.8) is 0 Å². The van der Waals surface area contributed by atoms with E-state index in [0.29, 0.717) is 22.2 Å². The Bertz CT molecular complexity index is 966. The van der Waals surface area contributed by atoms with E-state index in [1.807, 2.05) is 62.4 Å². The van der Waals surface area contributed by atoms with Crippen molar-refractivity contribution >= 4 is 28.4 Å². The van der Waals surface area contributed by atoms with Gasteiger partial charge in [0.1, 0.15) is 0 Å². The quantitative estimate of drug-likeness (QED) is 0.649. The van der Waals surface area contributed by atoms with Crippen LogP contribution in [0.15, 0.2) is 48.5 Å². The fraction of sp³-hybridized carbons (Fsp3) is 0.273. The largest absolute Gasteiger partial charge is 0.349 e. The van der Waals surface area contributed by atoms with Gasteiger partial charge in [0.25, 0.3) is 5.91 Å². The second-order valence-electron chi connectivity index (χ2n) is 7.06. The van der Waals surface area contributed by atoms with Crippen molar-refractivity contribution < 1.29 is 4.79 Å². The molecule has 4 heteroatoms. The van der Waals surface area contributed by atoms with Gasteiger partial charge in [-0.1, -0.05) is 55.3 Å². The number of benzene rings is 2. The van der Waals surface area contributed by atoms with Crippen LogP contribution >= 0.6 is 11.6 Å². The summed E-state index contributed by atoms with van der Waals surface area (Å²) in [4.78, 5) is 17.7. The first-order valence-electron chi connectivity index (χ1n) is 8.84. The van der Waals surface area contributed by atoms with Crippen molar-refractivity contribution in [2.75, 3.05) is 0 Å². The van der Waals surface area contributed by atoms with Crippen LogP contribution in [0.5, 0.6) is 0 Å². The van der Waals surface area contributed by atoms with Gasteiger partial charge < -0.3 is 5.32 Å². The zero-order valence-electron chi connectivity index (χ0n) is 15.5. The van der Waals surface area contributed by atoms with Crippen LogP contribution < -0.4 is 5.32 Å². The van der Waals surface area contributed by atoms with Crippen molar-refractivity contribution in [2.45, 2.75) is 33.7 Å². The molecule has 0 bridgehead atoms. The molecule has 1 aromatic heterocycles. The second-order valence-corrected chi connectivity index (χ2v) is 7.47. The molecule has 0 radical (unpaired) electrons. The Kier molecular flexibility index (Phi) is 5.28. The Morgan fingerprint density at radius 2 is 1.81 bits per heavy atom. The third-order valence-corrected chi connectivity index (χ3v) is 5.05. The fourth-order valence-electron chi connectivity index (χ4n) is 2.79. The molecule has 2 aromatic carbocycles. The van der Waals surface area contributed by atoms with Gasteiger partial charge in [-0.15, -0.1) is 0 Å². The molecule has 0 saturated heterocycles. The zero-order valence-corrected chi connectivity index (χ0v) is 16.3. The molecule has 1 amide bonds.